The van der Waals surface area contributed by atoms with Crippen molar-refractivity contribution in [2.45, 2.75) is 57.7 Å². The van der Waals surface area contributed by atoms with Crippen LogP contribution in [0.4, 0.5) is 4.79 Å². The van der Waals surface area contributed by atoms with Gasteiger partial charge in [0.15, 0.2) is 0 Å². The summed E-state index contributed by atoms with van der Waals surface area (Å²) in [4.78, 5) is 10.7. The summed E-state index contributed by atoms with van der Waals surface area (Å²) in [6.07, 6.45) is 1.52. The molecule has 4 heteroatoms. The summed E-state index contributed by atoms with van der Waals surface area (Å²) in [5.74, 6) is 0. The summed E-state index contributed by atoms with van der Waals surface area (Å²) in [6, 6.07) is 0. The van der Waals surface area contributed by atoms with Crippen LogP contribution in [0.1, 0.15) is 40.5 Å². The standard InChI is InChI=1S/C10H18ClNO2/c1-9(2)5-7(14-8(11)13)6-10(3,4)12-9/h7,12H,5-6H2,1-4H3. The first kappa shape index (κ1) is 11.8. The van der Waals surface area contributed by atoms with Gasteiger partial charge in [-0.25, -0.2) is 4.79 Å². The lowest BCUT2D eigenvalue weighted by molar-refractivity contribution is 0.0305. The molecular formula is C10H18ClNO2. The van der Waals surface area contributed by atoms with Gasteiger partial charge in [0, 0.05) is 35.5 Å². The number of rotatable bonds is 1. The summed E-state index contributed by atoms with van der Waals surface area (Å²) in [5, 5.41) is 3.50. The normalized spacial score (nSPS) is 25.8. The Labute approximate surface area is 90.1 Å². The minimum Gasteiger partial charge on any atom is -0.450 e. The molecule has 0 spiro atoms. The smallest absolute Gasteiger partial charge is 0.404 e. The molecule has 0 aromatic rings. The van der Waals surface area contributed by atoms with E-state index in [-0.39, 0.29) is 17.2 Å². The molecule has 1 fully saturated rings. The van der Waals surface area contributed by atoms with Crippen molar-refractivity contribution in [1.29, 1.82) is 0 Å². The van der Waals surface area contributed by atoms with Crippen LogP contribution >= 0.6 is 11.6 Å². The summed E-state index contributed by atoms with van der Waals surface area (Å²) in [6.45, 7) is 8.40. The minimum atomic E-state index is -0.705. The van der Waals surface area contributed by atoms with E-state index < -0.39 is 5.43 Å². The van der Waals surface area contributed by atoms with E-state index in [4.69, 9.17) is 16.3 Å². The Bertz CT molecular complexity index is 222. The fourth-order valence-electron chi connectivity index (χ4n) is 2.44. The lowest BCUT2D eigenvalue weighted by Gasteiger charge is -2.45. The van der Waals surface area contributed by atoms with Gasteiger partial charge in [-0.15, -0.1) is 0 Å². The number of nitrogens with one attached hydrogen (secondary N) is 1. The molecule has 82 valence electrons. The molecule has 1 aliphatic rings. The van der Waals surface area contributed by atoms with Crippen LogP contribution in [0.15, 0.2) is 0 Å². The van der Waals surface area contributed by atoms with Crippen LogP contribution in [-0.2, 0) is 4.74 Å². The first-order chi connectivity index (χ1) is 6.20. The number of ether oxygens (including phenoxy) is 1. The van der Waals surface area contributed by atoms with Crippen molar-refractivity contribution < 1.29 is 9.53 Å². The maximum atomic E-state index is 10.7. The number of piperidine rings is 1. The van der Waals surface area contributed by atoms with E-state index in [1.807, 2.05) is 0 Å². The topological polar surface area (TPSA) is 38.3 Å². The fraction of sp³-hybridized carbons (Fsp3) is 0.900. The van der Waals surface area contributed by atoms with Gasteiger partial charge < -0.3 is 10.1 Å². The molecule has 0 saturated carbocycles. The molecule has 0 unspecified atom stereocenters. The van der Waals surface area contributed by atoms with Gasteiger partial charge in [-0.3, -0.25) is 0 Å². The van der Waals surface area contributed by atoms with E-state index >= 15 is 0 Å². The second-order valence-corrected chi connectivity index (χ2v) is 5.59. The predicted molar refractivity (Wildman–Crippen MR) is 56.6 cm³/mol. The molecular weight excluding hydrogens is 202 g/mol. The summed E-state index contributed by atoms with van der Waals surface area (Å²) >= 11 is 5.22. The molecule has 0 radical (unpaired) electrons. The summed E-state index contributed by atoms with van der Waals surface area (Å²) in [5.41, 5.74) is -0.735. The highest BCUT2D eigenvalue weighted by molar-refractivity contribution is 6.61. The Morgan fingerprint density at radius 2 is 1.71 bits per heavy atom. The number of halogens is 1. The fourth-order valence-corrected chi connectivity index (χ4v) is 2.57. The Morgan fingerprint density at radius 3 is 2.07 bits per heavy atom. The molecule has 1 rings (SSSR count). The van der Waals surface area contributed by atoms with Gasteiger partial charge in [0.2, 0.25) is 0 Å². The molecule has 1 N–H and O–H groups in total. The van der Waals surface area contributed by atoms with Crippen LogP contribution < -0.4 is 5.32 Å². The molecule has 1 aliphatic heterocycles. The molecule has 0 atom stereocenters. The van der Waals surface area contributed by atoms with E-state index in [1.54, 1.807) is 0 Å². The van der Waals surface area contributed by atoms with Gasteiger partial charge in [0.05, 0.1) is 0 Å². The van der Waals surface area contributed by atoms with Gasteiger partial charge in [0.1, 0.15) is 6.10 Å². The van der Waals surface area contributed by atoms with Gasteiger partial charge in [-0.2, -0.15) is 0 Å². The minimum absolute atomic E-state index is 0.0151. The van der Waals surface area contributed by atoms with Crippen LogP contribution in [0, 0.1) is 0 Å². The largest absolute Gasteiger partial charge is 0.450 e. The zero-order valence-electron chi connectivity index (χ0n) is 9.19. The third kappa shape index (κ3) is 3.46. The molecule has 14 heavy (non-hydrogen) atoms. The third-order valence-corrected chi connectivity index (χ3v) is 2.50. The highest BCUT2D eigenvalue weighted by Crippen LogP contribution is 2.30. The lowest BCUT2D eigenvalue weighted by atomic mass is 9.81. The zero-order valence-corrected chi connectivity index (χ0v) is 9.94. The first-order valence-electron chi connectivity index (χ1n) is 4.86. The average molecular weight is 220 g/mol. The maximum absolute atomic E-state index is 10.7. The lowest BCUT2D eigenvalue weighted by Crippen LogP contribution is -2.59. The highest BCUT2D eigenvalue weighted by atomic mass is 35.5. The van der Waals surface area contributed by atoms with Crippen molar-refractivity contribution in [3.05, 3.63) is 0 Å². The van der Waals surface area contributed by atoms with Gasteiger partial charge in [-0.1, -0.05) is 0 Å². The van der Waals surface area contributed by atoms with Crippen molar-refractivity contribution >= 4 is 17.0 Å². The molecule has 3 nitrogen and oxygen atoms in total. The predicted octanol–water partition coefficient (Wildman–Crippen LogP) is 2.67. The Balaban J connectivity index is 2.66. The Kier molecular flexibility index (Phi) is 3.12. The van der Waals surface area contributed by atoms with Crippen LogP contribution in [0.5, 0.6) is 0 Å². The van der Waals surface area contributed by atoms with Crippen LogP contribution in [0.25, 0.3) is 0 Å². The SMILES string of the molecule is CC1(C)CC(OC(=O)Cl)CC(C)(C)N1. The van der Waals surface area contributed by atoms with Crippen molar-refractivity contribution in [2.75, 3.05) is 0 Å². The monoisotopic (exact) mass is 219 g/mol. The van der Waals surface area contributed by atoms with Crippen LogP contribution in [-0.4, -0.2) is 22.6 Å². The molecule has 1 saturated heterocycles. The Morgan fingerprint density at radius 1 is 1.29 bits per heavy atom. The molecule has 0 aromatic carbocycles. The Hall–Kier alpha value is -0.280. The molecule has 0 amide bonds. The summed E-state index contributed by atoms with van der Waals surface area (Å²) < 4.78 is 5.05. The van der Waals surface area contributed by atoms with E-state index in [2.05, 4.69) is 33.0 Å². The van der Waals surface area contributed by atoms with Crippen molar-refractivity contribution in [3.8, 4) is 0 Å². The number of hydrogen-bond donors (Lipinski definition) is 1. The highest BCUT2D eigenvalue weighted by Gasteiger charge is 2.39. The third-order valence-electron chi connectivity index (χ3n) is 2.41. The van der Waals surface area contributed by atoms with Gasteiger partial charge in [-0.05, 0) is 27.7 Å². The number of hydrogen-bond acceptors (Lipinski definition) is 3. The molecule has 0 aliphatic carbocycles. The molecule has 0 bridgehead atoms. The number of carbonyl (C=O) groups excluding carboxylic acids is 1. The second kappa shape index (κ2) is 3.70. The van der Waals surface area contributed by atoms with Crippen LogP contribution in [0.3, 0.4) is 0 Å². The zero-order chi connectivity index (χ0) is 11.0. The van der Waals surface area contributed by atoms with E-state index in [0.717, 1.165) is 12.8 Å². The van der Waals surface area contributed by atoms with E-state index in [1.165, 1.54) is 0 Å². The van der Waals surface area contributed by atoms with E-state index in [0.29, 0.717) is 0 Å². The van der Waals surface area contributed by atoms with Crippen molar-refractivity contribution in [2.24, 2.45) is 0 Å². The molecule has 1 heterocycles. The number of carbonyl (C=O) groups is 1. The average Bonchev–Trinajstić information content (AvgIpc) is 1.74. The van der Waals surface area contributed by atoms with Gasteiger partial charge in [0.25, 0.3) is 0 Å². The maximum Gasteiger partial charge on any atom is 0.404 e. The summed E-state index contributed by atoms with van der Waals surface area (Å²) in [7, 11) is 0. The van der Waals surface area contributed by atoms with Gasteiger partial charge >= 0.3 is 5.43 Å². The van der Waals surface area contributed by atoms with Crippen molar-refractivity contribution in [3.63, 3.8) is 0 Å². The van der Waals surface area contributed by atoms with Crippen LogP contribution in [0.2, 0.25) is 0 Å². The first-order valence-corrected chi connectivity index (χ1v) is 5.23. The quantitative estimate of drug-likeness (QED) is 0.690. The van der Waals surface area contributed by atoms with E-state index in [9.17, 15) is 4.79 Å². The molecule has 0 aromatic heterocycles. The second-order valence-electron chi connectivity index (χ2n) is 5.28. The van der Waals surface area contributed by atoms with Crippen molar-refractivity contribution in [1.82, 2.24) is 5.32 Å².